The van der Waals surface area contributed by atoms with Crippen molar-refractivity contribution in [2.24, 2.45) is 0 Å². The highest BCUT2D eigenvalue weighted by atomic mass is 127. The minimum absolute atomic E-state index is 0.388. The zero-order valence-electron chi connectivity index (χ0n) is 8.91. The molecule has 0 radical (unpaired) electrons. The quantitative estimate of drug-likeness (QED) is 0.605. The number of rotatable bonds is 2. The normalized spacial score (nSPS) is 10.6. The SMILES string of the molecule is CCc1nc(-c2ccc(F)cn2)nc(Cl)c1I. The van der Waals surface area contributed by atoms with E-state index in [9.17, 15) is 4.39 Å². The fourth-order valence-electron chi connectivity index (χ4n) is 1.32. The molecule has 3 nitrogen and oxygen atoms in total. The first-order valence-electron chi connectivity index (χ1n) is 4.95. The summed E-state index contributed by atoms with van der Waals surface area (Å²) in [4.78, 5) is 12.4. The Morgan fingerprint density at radius 2 is 2.12 bits per heavy atom. The maximum absolute atomic E-state index is 12.8. The van der Waals surface area contributed by atoms with Gasteiger partial charge in [-0.2, -0.15) is 0 Å². The van der Waals surface area contributed by atoms with Gasteiger partial charge in [0.1, 0.15) is 16.7 Å². The minimum atomic E-state index is -0.388. The van der Waals surface area contributed by atoms with Crippen LogP contribution in [0.25, 0.3) is 11.5 Å². The standard InChI is InChI=1S/C11H8ClFIN3/c1-2-7-9(14)10(12)17-11(16-7)8-4-3-6(13)5-15-8/h3-5H,2H2,1H3. The molecule has 0 bridgehead atoms. The van der Waals surface area contributed by atoms with E-state index in [0.29, 0.717) is 16.7 Å². The predicted octanol–water partition coefficient (Wildman–Crippen LogP) is 3.50. The molecule has 0 amide bonds. The van der Waals surface area contributed by atoms with Crippen LogP contribution < -0.4 is 0 Å². The van der Waals surface area contributed by atoms with E-state index < -0.39 is 0 Å². The van der Waals surface area contributed by atoms with Crippen LogP contribution in [0.5, 0.6) is 0 Å². The maximum atomic E-state index is 12.8. The first-order valence-corrected chi connectivity index (χ1v) is 6.41. The second-order valence-corrected chi connectivity index (χ2v) is 4.75. The van der Waals surface area contributed by atoms with Crippen molar-refractivity contribution in [1.82, 2.24) is 15.0 Å². The van der Waals surface area contributed by atoms with Crippen molar-refractivity contribution in [2.45, 2.75) is 13.3 Å². The zero-order chi connectivity index (χ0) is 12.4. The second kappa shape index (κ2) is 5.22. The lowest BCUT2D eigenvalue weighted by molar-refractivity contribution is 0.621. The molecule has 0 N–H and O–H groups in total. The van der Waals surface area contributed by atoms with Gasteiger partial charge in [-0.05, 0) is 41.1 Å². The van der Waals surface area contributed by atoms with Crippen molar-refractivity contribution in [3.63, 3.8) is 0 Å². The molecule has 6 heteroatoms. The smallest absolute Gasteiger partial charge is 0.179 e. The summed E-state index contributed by atoms with van der Waals surface area (Å²) in [5, 5.41) is 0.401. The first kappa shape index (κ1) is 12.6. The molecule has 17 heavy (non-hydrogen) atoms. The van der Waals surface area contributed by atoms with Gasteiger partial charge in [0, 0.05) is 0 Å². The molecule has 2 heterocycles. The number of aromatic nitrogens is 3. The molecule has 0 spiro atoms. The van der Waals surface area contributed by atoms with Gasteiger partial charge >= 0.3 is 0 Å². The lowest BCUT2D eigenvalue weighted by Crippen LogP contribution is -2.00. The molecule has 0 saturated carbocycles. The molecule has 2 rings (SSSR count). The van der Waals surface area contributed by atoms with Crippen LogP contribution >= 0.6 is 34.2 Å². The summed E-state index contributed by atoms with van der Waals surface area (Å²) < 4.78 is 13.6. The van der Waals surface area contributed by atoms with Crippen molar-refractivity contribution < 1.29 is 4.39 Å². The molecule has 0 fully saturated rings. The minimum Gasteiger partial charge on any atom is -0.250 e. The zero-order valence-corrected chi connectivity index (χ0v) is 11.8. The van der Waals surface area contributed by atoms with Crippen LogP contribution in [0.3, 0.4) is 0 Å². The highest BCUT2D eigenvalue weighted by Gasteiger charge is 2.11. The molecule has 0 atom stereocenters. The average molecular weight is 364 g/mol. The molecular weight excluding hydrogens is 355 g/mol. The Bertz CT molecular complexity index is 545. The fraction of sp³-hybridized carbons (Fsp3) is 0.182. The van der Waals surface area contributed by atoms with E-state index in [2.05, 4.69) is 37.5 Å². The molecule has 2 aromatic rings. The molecule has 0 aliphatic rings. The van der Waals surface area contributed by atoms with E-state index in [1.807, 2.05) is 6.92 Å². The third kappa shape index (κ3) is 2.71. The summed E-state index contributed by atoms with van der Waals surface area (Å²) in [5.41, 5.74) is 1.38. The molecule has 0 aliphatic carbocycles. The summed E-state index contributed by atoms with van der Waals surface area (Å²) in [6.45, 7) is 1.99. The van der Waals surface area contributed by atoms with Gasteiger partial charge in [-0.25, -0.2) is 19.3 Å². The van der Waals surface area contributed by atoms with E-state index in [4.69, 9.17) is 11.6 Å². The van der Waals surface area contributed by atoms with Crippen LogP contribution in [0.15, 0.2) is 18.3 Å². The lowest BCUT2D eigenvalue weighted by Gasteiger charge is -2.05. The van der Waals surface area contributed by atoms with E-state index >= 15 is 0 Å². The van der Waals surface area contributed by atoms with Gasteiger partial charge in [0.05, 0.1) is 15.5 Å². The number of aryl methyl sites for hydroxylation is 1. The van der Waals surface area contributed by atoms with Crippen molar-refractivity contribution in [1.29, 1.82) is 0 Å². The largest absolute Gasteiger partial charge is 0.250 e. The van der Waals surface area contributed by atoms with Gasteiger partial charge in [0.15, 0.2) is 5.82 Å². The second-order valence-electron chi connectivity index (χ2n) is 3.31. The van der Waals surface area contributed by atoms with Crippen LogP contribution in [-0.2, 0) is 6.42 Å². The third-order valence-electron chi connectivity index (χ3n) is 2.17. The van der Waals surface area contributed by atoms with Crippen molar-refractivity contribution in [3.8, 4) is 11.5 Å². The molecule has 2 aromatic heterocycles. The summed E-state index contributed by atoms with van der Waals surface area (Å²) >= 11 is 8.13. The predicted molar refractivity (Wildman–Crippen MR) is 72.3 cm³/mol. The van der Waals surface area contributed by atoms with Crippen LogP contribution in [-0.4, -0.2) is 15.0 Å². The number of hydrogen-bond acceptors (Lipinski definition) is 3. The van der Waals surface area contributed by atoms with Crippen LogP contribution in [0.2, 0.25) is 5.15 Å². The summed E-state index contributed by atoms with van der Waals surface area (Å²) in [6.07, 6.45) is 1.89. The van der Waals surface area contributed by atoms with Crippen molar-refractivity contribution in [3.05, 3.63) is 38.6 Å². The van der Waals surface area contributed by atoms with E-state index in [-0.39, 0.29) is 5.82 Å². The Labute approximate surface area is 117 Å². The molecule has 0 saturated heterocycles. The van der Waals surface area contributed by atoms with Gasteiger partial charge in [-0.15, -0.1) is 0 Å². The number of halogens is 3. The monoisotopic (exact) mass is 363 g/mol. The first-order chi connectivity index (χ1) is 8.11. The molecule has 0 aliphatic heterocycles. The van der Waals surface area contributed by atoms with Gasteiger partial charge in [-0.1, -0.05) is 18.5 Å². The molecule has 88 valence electrons. The Hall–Kier alpha value is -0.820. The van der Waals surface area contributed by atoms with Crippen LogP contribution in [0, 0.1) is 9.39 Å². The number of pyridine rings is 1. The Morgan fingerprint density at radius 3 is 2.71 bits per heavy atom. The van der Waals surface area contributed by atoms with E-state index in [0.717, 1.165) is 21.9 Å². The van der Waals surface area contributed by atoms with Gasteiger partial charge < -0.3 is 0 Å². The topological polar surface area (TPSA) is 38.7 Å². The number of hydrogen-bond donors (Lipinski definition) is 0. The lowest BCUT2D eigenvalue weighted by atomic mass is 10.3. The fourth-order valence-corrected chi connectivity index (χ4v) is 2.13. The Morgan fingerprint density at radius 1 is 1.35 bits per heavy atom. The molecule has 0 aromatic carbocycles. The summed E-state index contributed by atoms with van der Waals surface area (Å²) in [6, 6.07) is 2.86. The number of nitrogens with zero attached hydrogens (tertiary/aromatic N) is 3. The van der Waals surface area contributed by atoms with E-state index in [1.54, 1.807) is 0 Å². The third-order valence-corrected chi connectivity index (χ3v) is 3.90. The molecule has 0 unspecified atom stereocenters. The summed E-state index contributed by atoms with van der Waals surface area (Å²) in [7, 11) is 0. The highest BCUT2D eigenvalue weighted by molar-refractivity contribution is 14.1. The average Bonchev–Trinajstić information content (AvgIpc) is 2.33. The van der Waals surface area contributed by atoms with Crippen molar-refractivity contribution in [2.75, 3.05) is 0 Å². The highest BCUT2D eigenvalue weighted by Crippen LogP contribution is 2.23. The Balaban J connectivity index is 2.52. The molecular formula is C11H8ClFIN3. The van der Waals surface area contributed by atoms with Crippen LogP contribution in [0.1, 0.15) is 12.6 Å². The van der Waals surface area contributed by atoms with Gasteiger partial charge in [0.2, 0.25) is 0 Å². The maximum Gasteiger partial charge on any atom is 0.179 e. The van der Waals surface area contributed by atoms with Gasteiger partial charge in [-0.3, -0.25) is 0 Å². The van der Waals surface area contributed by atoms with Gasteiger partial charge in [0.25, 0.3) is 0 Å². The Kier molecular flexibility index (Phi) is 3.88. The van der Waals surface area contributed by atoms with E-state index in [1.165, 1.54) is 12.1 Å². The summed E-state index contributed by atoms with van der Waals surface area (Å²) in [5.74, 6) is 0.0355. The van der Waals surface area contributed by atoms with Crippen molar-refractivity contribution >= 4 is 34.2 Å². The van der Waals surface area contributed by atoms with Crippen LogP contribution in [0.4, 0.5) is 4.39 Å².